The van der Waals surface area contributed by atoms with E-state index in [0.717, 1.165) is 22.5 Å². The first-order chi connectivity index (χ1) is 9.04. The molecule has 5 nitrogen and oxygen atoms in total. The minimum absolute atomic E-state index is 0.0675. The number of aryl methyl sites for hydroxylation is 2. The van der Waals surface area contributed by atoms with Gasteiger partial charge in [-0.3, -0.25) is 9.48 Å². The van der Waals surface area contributed by atoms with Crippen LogP contribution in [-0.2, 0) is 18.4 Å². The van der Waals surface area contributed by atoms with E-state index in [1.165, 1.54) is 6.92 Å². The molecule has 0 saturated heterocycles. The first-order valence-electron chi connectivity index (χ1n) is 6.14. The minimum Gasteiger partial charge on any atom is -0.381 e. The molecule has 0 atom stereocenters. The van der Waals surface area contributed by atoms with Crippen LogP contribution < -0.4 is 10.6 Å². The molecule has 1 amide bonds. The van der Waals surface area contributed by atoms with E-state index in [4.69, 9.17) is 0 Å². The summed E-state index contributed by atoms with van der Waals surface area (Å²) in [5.74, 6) is -0.0675. The number of carbonyl (C=O) groups excluding carboxylic acids is 1. The number of aromatic nitrogens is 2. The van der Waals surface area contributed by atoms with E-state index in [2.05, 4.69) is 15.7 Å². The van der Waals surface area contributed by atoms with Crippen LogP contribution in [0.15, 0.2) is 30.6 Å². The highest BCUT2D eigenvalue weighted by Crippen LogP contribution is 2.20. The Labute approximate surface area is 112 Å². The van der Waals surface area contributed by atoms with Gasteiger partial charge < -0.3 is 10.6 Å². The summed E-state index contributed by atoms with van der Waals surface area (Å²) in [7, 11) is 1.89. The fourth-order valence-electron chi connectivity index (χ4n) is 1.85. The predicted molar refractivity (Wildman–Crippen MR) is 76.0 cm³/mol. The number of rotatable bonds is 4. The third-order valence-corrected chi connectivity index (χ3v) is 2.80. The molecule has 0 aliphatic rings. The zero-order chi connectivity index (χ0) is 13.8. The predicted octanol–water partition coefficient (Wildman–Crippen LogP) is 2.30. The maximum Gasteiger partial charge on any atom is 0.221 e. The molecule has 0 unspecified atom stereocenters. The van der Waals surface area contributed by atoms with Crippen LogP contribution in [0.5, 0.6) is 0 Å². The molecule has 100 valence electrons. The maximum absolute atomic E-state index is 11.0. The second-order valence-corrected chi connectivity index (χ2v) is 4.59. The summed E-state index contributed by atoms with van der Waals surface area (Å²) in [5, 5.41) is 10.3. The van der Waals surface area contributed by atoms with E-state index < -0.39 is 0 Å². The van der Waals surface area contributed by atoms with E-state index in [-0.39, 0.29) is 5.91 Å². The lowest BCUT2D eigenvalue weighted by molar-refractivity contribution is -0.114. The molecule has 1 aromatic carbocycles. The average molecular weight is 258 g/mol. The van der Waals surface area contributed by atoms with Crippen LogP contribution in [0.1, 0.15) is 18.1 Å². The molecule has 0 bridgehead atoms. The highest BCUT2D eigenvalue weighted by Gasteiger charge is 2.02. The van der Waals surface area contributed by atoms with Gasteiger partial charge in [0.25, 0.3) is 0 Å². The van der Waals surface area contributed by atoms with Crippen LogP contribution in [0.4, 0.5) is 11.4 Å². The summed E-state index contributed by atoms with van der Waals surface area (Å²) in [5.41, 5.74) is 4.06. The Hall–Kier alpha value is -2.30. The van der Waals surface area contributed by atoms with E-state index in [0.29, 0.717) is 6.54 Å². The van der Waals surface area contributed by atoms with E-state index in [1.54, 1.807) is 4.68 Å². The van der Waals surface area contributed by atoms with Gasteiger partial charge in [0.1, 0.15) is 0 Å². The lowest BCUT2D eigenvalue weighted by Crippen LogP contribution is -2.07. The van der Waals surface area contributed by atoms with Crippen LogP contribution in [0.2, 0.25) is 0 Å². The van der Waals surface area contributed by atoms with Gasteiger partial charge >= 0.3 is 0 Å². The molecule has 0 saturated carbocycles. The highest BCUT2D eigenvalue weighted by atomic mass is 16.1. The Kier molecular flexibility index (Phi) is 3.85. The number of benzene rings is 1. The van der Waals surface area contributed by atoms with Gasteiger partial charge in [-0.25, -0.2) is 0 Å². The Morgan fingerprint density at radius 3 is 2.84 bits per heavy atom. The Bertz CT molecular complexity index is 589. The van der Waals surface area contributed by atoms with Crippen molar-refractivity contribution < 1.29 is 4.79 Å². The van der Waals surface area contributed by atoms with Crippen molar-refractivity contribution in [2.45, 2.75) is 20.4 Å². The number of amides is 1. The van der Waals surface area contributed by atoms with Crippen molar-refractivity contribution in [3.8, 4) is 0 Å². The van der Waals surface area contributed by atoms with Gasteiger partial charge in [0.05, 0.1) is 6.20 Å². The average Bonchev–Trinajstić information content (AvgIpc) is 2.75. The summed E-state index contributed by atoms with van der Waals surface area (Å²) >= 11 is 0. The standard InChI is InChI=1S/C14H18N4O/c1-10-4-5-13(17-11(2)19)6-14(10)15-7-12-8-16-18(3)9-12/h4-6,8-9,15H,7H2,1-3H3,(H,17,19). The lowest BCUT2D eigenvalue weighted by atomic mass is 10.1. The van der Waals surface area contributed by atoms with E-state index in [9.17, 15) is 4.79 Å². The maximum atomic E-state index is 11.0. The Morgan fingerprint density at radius 1 is 1.42 bits per heavy atom. The Balaban J connectivity index is 2.08. The van der Waals surface area contributed by atoms with Crippen molar-refractivity contribution in [3.05, 3.63) is 41.7 Å². The molecular weight excluding hydrogens is 240 g/mol. The van der Waals surface area contributed by atoms with Crippen LogP contribution in [-0.4, -0.2) is 15.7 Å². The van der Waals surface area contributed by atoms with Crippen LogP contribution >= 0.6 is 0 Å². The van der Waals surface area contributed by atoms with E-state index >= 15 is 0 Å². The fourth-order valence-corrected chi connectivity index (χ4v) is 1.85. The molecule has 0 spiro atoms. The van der Waals surface area contributed by atoms with Crippen LogP contribution in [0.3, 0.4) is 0 Å². The molecule has 0 aliphatic carbocycles. The second-order valence-electron chi connectivity index (χ2n) is 4.59. The van der Waals surface area contributed by atoms with E-state index in [1.807, 2.05) is 44.6 Å². The van der Waals surface area contributed by atoms with Crippen molar-refractivity contribution in [3.63, 3.8) is 0 Å². The van der Waals surface area contributed by atoms with Crippen molar-refractivity contribution in [1.29, 1.82) is 0 Å². The molecule has 0 radical (unpaired) electrons. The molecule has 2 aromatic rings. The summed E-state index contributed by atoms with van der Waals surface area (Å²) < 4.78 is 1.78. The third-order valence-electron chi connectivity index (χ3n) is 2.80. The van der Waals surface area contributed by atoms with Gasteiger partial charge in [-0.15, -0.1) is 0 Å². The minimum atomic E-state index is -0.0675. The Morgan fingerprint density at radius 2 is 2.21 bits per heavy atom. The molecule has 2 rings (SSSR count). The van der Waals surface area contributed by atoms with Gasteiger partial charge in [-0.1, -0.05) is 6.07 Å². The third kappa shape index (κ3) is 3.58. The molecule has 0 fully saturated rings. The zero-order valence-corrected chi connectivity index (χ0v) is 11.4. The zero-order valence-electron chi connectivity index (χ0n) is 11.4. The number of hydrogen-bond donors (Lipinski definition) is 2. The monoisotopic (exact) mass is 258 g/mol. The highest BCUT2D eigenvalue weighted by molar-refractivity contribution is 5.89. The number of hydrogen-bond acceptors (Lipinski definition) is 3. The lowest BCUT2D eigenvalue weighted by Gasteiger charge is -2.11. The molecular formula is C14H18N4O. The summed E-state index contributed by atoms with van der Waals surface area (Å²) in [6.45, 7) is 4.24. The van der Waals surface area contributed by atoms with Gasteiger partial charge in [0.2, 0.25) is 5.91 Å². The van der Waals surface area contributed by atoms with Gasteiger partial charge in [0, 0.05) is 43.7 Å². The summed E-state index contributed by atoms with van der Waals surface area (Å²) in [4.78, 5) is 11.0. The fraction of sp³-hybridized carbons (Fsp3) is 0.286. The molecule has 1 heterocycles. The largest absolute Gasteiger partial charge is 0.381 e. The molecule has 2 N–H and O–H groups in total. The van der Waals surface area contributed by atoms with Crippen LogP contribution in [0.25, 0.3) is 0 Å². The molecule has 19 heavy (non-hydrogen) atoms. The SMILES string of the molecule is CC(=O)Nc1ccc(C)c(NCc2cnn(C)c2)c1. The number of nitrogens with zero attached hydrogens (tertiary/aromatic N) is 2. The van der Waals surface area contributed by atoms with Crippen molar-refractivity contribution in [1.82, 2.24) is 9.78 Å². The van der Waals surface area contributed by atoms with Crippen molar-refractivity contribution >= 4 is 17.3 Å². The molecule has 1 aromatic heterocycles. The molecule has 5 heteroatoms. The van der Waals surface area contributed by atoms with Crippen molar-refractivity contribution in [2.24, 2.45) is 7.05 Å². The second kappa shape index (κ2) is 5.56. The smallest absolute Gasteiger partial charge is 0.221 e. The van der Waals surface area contributed by atoms with Gasteiger partial charge in [-0.2, -0.15) is 5.10 Å². The topological polar surface area (TPSA) is 59.0 Å². The van der Waals surface area contributed by atoms with Gasteiger partial charge in [0.15, 0.2) is 0 Å². The number of nitrogens with one attached hydrogen (secondary N) is 2. The quantitative estimate of drug-likeness (QED) is 0.884. The number of anilines is 2. The van der Waals surface area contributed by atoms with Gasteiger partial charge in [-0.05, 0) is 24.6 Å². The first-order valence-corrected chi connectivity index (χ1v) is 6.14. The van der Waals surface area contributed by atoms with Crippen LogP contribution in [0, 0.1) is 6.92 Å². The summed E-state index contributed by atoms with van der Waals surface area (Å²) in [6, 6.07) is 5.82. The molecule has 0 aliphatic heterocycles. The van der Waals surface area contributed by atoms with Crippen molar-refractivity contribution in [2.75, 3.05) is 10.6 Å². The number of carbonyl (C=O) groups is 1. The first kappa shape index (κ1) is 13.1. The summed E-state index contributed by atoms with van der Waals surface area (Å²) in [6.07, 6.45) is 3.81. The normalized spacial score (nSPS) is 10.3.